The monoisotopic (exact) mass is 295 g/mol. The number of hydrogen-bond acceptors (Lipinski definition) is 1. The van der Waals surface area contributed by atoms with Crippen molar-refractivity contribution in [2.24, 2.45) is 5.92 Å². The Labute approximate surface area is 127 Å². The fraction of sp³-hybridized carbons (Fsp3) is 0.667. The van der Waals surface area contributed by atoms with E-state index >= 15 is 0 Å². The SMILES string of the molecule is CCNC(CCC1CCCCC1)Cc1c(F)cccc1F. The smallest absolute Gasteiger partial charge is 0.129 e. The number of likely N-dealkylation sites (N-methyl/N-ethyl adjacent to an activating group) is 1. The van der Waals surface area contributed by atoms with Crippen LogP contribution in [0.3, 0.4) is 0 Å². The molecule has 0 heterocycles. The lowest BCUT2D eigenvalue weighted by atomic mass is 9.84. The predicted molar refractivity (Wildman–Crippen MR) is 83.3 cm³/mol. The van der Waals surface area contributed by atoms with Crippen molar-refractivity contribution in [3.05, 3.63) is 35.4 Å². The van der Waals surface area contributed by atoms with E-state index in [1.807, 2.05) is 6.92 Å². The first-order valence-corrected chi connectivity index (χ1v) is 8.37. The first-order valence-electron chi connectivity index (χ1n) is 8.37. The molecule has 1 fully saturated rings. The second kappa shape index (κ2) is 8.47. The minimum absolute atomic E-state index is 0.170. The minimum Gasteiger partial charge on any atom is -0.314 e. The summed E-state index contributed by atoms with van der Waals surface area (Å²) in [4.78, 5) is 0. The van der Waals surface area contributed by atoms with Crippen LogP contribution in [0.15, 0.2) is 18.2 Å². The summed E-state index contributed by atoms with van der Waals surface area (Å²) in [5, 5.41) is 3.39. The van der Waals surface area contributed by atoms with Gasteiger partial charge in [-0.2, -0.15) is 0 Å². The summed E-state index contributed by atoms with van der Waals surface area (Å²) in [5.74, 6) is -0.0310. The molecule has 1 atom stereocenters. The van der Waals surface area contributed by atoms with Crippen LogP contribution in [0.2, 0.25) is 0 Å². The third-order valence-corrected chi connectivity index (χ3v) is 4.65. The van der Waals surface area contributed by atoms with Crippen molar-refractivity contribution in [1.82, 2.24) is 5.32 Å². The van der Waals surface area contributed by atoms with Gasteiger partial charge in [-0.1, -0.05) is 45.1 Å². The highest BCUT2D eigenvalue weighted by molar-refractivity contribution is 5.20. The van der Waals surface area contributed by atoms with Gasteiger partial charge in [0.05, 0.1) is 0 Å². The lowest BCUT2D eigenvalue weighted by molar-refractivity contribution is 0.312. The second-order valence-electron chi connectivity index (χ2n) is 6.24. The van der Waals surface area contributed by atoms with Crippen LogP contribution >= 0.6 is 0 Å². The summed E-state index contributed by atoms with van der Waals surface area (Å²) in [6.45, 7) is 2.89. The van der Waals surface area contributed by atoms with Crippen LogP contribution < -0.4 is 5.32 Å². The van der Waals surface area contributed by atoms with Crippen molar-refractivity contribution < 1.29 is 8.78 Å². The maximum absolute atomic E-state index is 13.8. The van der Waals surface area contributed by atoms with Gasteiger partial charge in [-0.15, -0.1) is 0 Å². The molecule has 118 valence electrons. The fourth-order valence-corrected chi connectivity index (χ4v) is 3.45. The molecule has 0 bridgehead atoms. The highest BCUT2D eigenvalue weighted by Crippen LogP contribution is 2.28. The molecule has 1 unspecified atom stereocenters. The third-order valence-electron chi connectivity index (χ3n) is 4.65. The summed E-state index contributed by atoms with van der Waals surface area (Å²) >= 11 is 0. The maximum Gasteiger partial charge on any atom is 0.129 e. The van der Waals surface area contributed by atoms with Gasteiger partial charge in [0.15, 0.2) is 0 Å². The molecular weight excluding hydrogens is 268 g/mol. The first kappa shape index (κ1) is 16.4. The molecule has 1 aromatic rings. The lowest BCUT2D eigenvalue weighted by Gasteiger charge is -2.25. The predicted octanol–water partition coefficient (Wildman–Crippen LogP) is 4.85. The van der Waals surface area contributed by atoms with Crippen molar-refractivity contribution in [3.63, 3.8) is 0 Å². The van der Waals surface area contributed by atoms with Gasteiger partial charge in [0.1, 0.15) is 11.6 Å². The van der Waals surface area contributed by atoms with Gasteiger partial charge in [-0.3, -0.25) is 0 Å². The van der Waals surface area contributed by atoms with Crippen molar-refractivity contribution >= 4 is 0 Å². The van der Waals surface area contributed by atoms with E-state index in [0.29, 0.717) is 6.42 Å². The van der Waals surface area contributed by atoms with Gasteiger partial charge in [0.25, 0.3) is 0 Å². The van der Waals surface area contributed by atoms with E-state index in [4.69, 9.17) is 0 Å². The van der Waals surface area contributed by atoms with Crippen LogP contribution in [-0.4, -0.2) is 12.6 Å². The Kier molecular flexibility index (Phi) is 6.62. The largest absolute Gasteiger partial charge is 0.314 e. The van der Waals surface area contributed by atoms with Gasteiger partial charge in [0.2, 0.25) is 0 Å². The van der Waals surface area contributed by atoms with Crippen molar-refractivity contribution in [1.29, 1.82) is 0 Å². The lowest BCUT2D eigenvalue weighted by Crippen LogP contribution is -2.32. The van der Waals surface area contributed by atoms with Crippen molar-refractivity contribution in [3.8, 4) is 0 Å². The number of benzene rings is 1. The molecule has 21 heavy (non-hydrogen) atoms. The summed E-state index contributed by atoms with van der Waals surface area (Å²) < 4.78 is 27.6. The molecule has 1 aromatic carbocycles. The molecule has 0 radical (unpaired) electrons. The molecular formula is C18H27F2N. The Bertz CT molecular complexity index is 407. The topological polar surface area (TPSA) is 12.0 Å². The summed E-state index contributed by atoms with van der Waals surface area (Å²) in [7, 11) is 0. The summed E-state index contributed by atoms with van der Waals surface area (Å²) in [5.41, 5.74) is 0.229. The van der Waals surface area contributed by atoms with Crippen LogP contribution in [0, 0.1) is 17.6 Å². The van der Waals surface area contributed by atoms with Crippen LogP contribution in [0.5, 0.6) is 0 Å². The molecule has 0 aliphatic heterocycles. The molecule has 1 aliphatic rings. The van der Waals surface area contributed by atoms with E-state index in [9.17, 15) is 8.78 Å². The van der Waals surface area contributed by atoms with Crippen molar-refractivity contribution in [2.45, 2.75) is 64.3 Å². The zero-order valence-electron chi connectivity index (χ0n) is 13.0. The standard InChI is InChI=1S/C18H27F2N/c1-2-21-15(12-11-14-7-4-3-5-8-14)13-16-17(19)9-6-10-18(16)20/h6,9-10,14-15,21H,2-5,7-8,11-13H2,1H3. The summed E-state index contributed by atoms with van der Waals surface area (Å²) in [6, 6.07) is 4.30. The Hall–Kier alpha value is -0.960. The number of rotatable bonds is 7. The normalized spacial score (nSPS) is 17.9. The zero-order chi connectivity index (χ0) is 15.1. The molecule has 3 heteroatoms. The zero-order valence-corrected chi connectivity index (χ0v) is 13.0. The van der Waals surface area contributed by atoms with Gasteiger partial charge in [-0.05, 0) is 43.9 Å². The molecule has 1 nitrogen and oxygen atoms in total. The van der Waals surface area contributed by atoms with E-state index in [-0.39, 0.29) is 11.6 Å². The maximum atomic E-state index is 13.8. The van der Waals surface area contributed by atoms with E-state index < -0.39 is 11.6 Å². The average Bonchev–Trinajstić information content (AvgIpc) is 2.49. The second-order valence-corrected chi connectivity index (χ2v) is 6.24. The highest BCUT2D eigenvalue weighted by Gasteiger charge is 2.18. The summed E-state index contributed by atoms with van der Waals surface area (Å²) in [6.07, 6.45) is 9.34. The Morgan fingerprint density at radius 3 is 2.43 bits per heavy atom. The third kappa shape index (κ3) is 5.06. The van der Waals surface area contributed by atoms with Gasteiger partial charge in [-0.25, -0.2) is 8.78 Å². The van der Waals surface area contributed by atoms with Gasteiger partial charge >= 0.3 is 0 Å². The molecule has 0 saturated heterocycles. The Balaban J connectivity index is 1.91. The van der Waals surface area contributed by atoms with Gasteiger partial charge in [0, 0.05) is 11.6 Å². The molecule has 1 N–H and O–H groups in total. The average molecular weight is 295 g/mol. The van der Waals surface area contributed by atoms with Crippen molar-refractivity contribution in [2.75, 3.05) is 6.54 Å². The Morgan fingerprint density at radius 1 is 1.14 bits per heavy atom. The van der Waals surface area contributed by atoms with Crippen LogP contribution in [-0.2, 0) is 6.42 Å². The molecule has 0 aromatic heterocycles. The molecule has 0 spiro atoms. The molecule has 0 amide bonds. The molecule has 1 saturated carbocycles. The van der Waals surface area contributed by atoms with E-state index in [2.05, 4.69) is 5.32 Å². The Morgan fingerprint density at radius 2 is 1.81 bits per heavy atom. The van der Waals surface area contributed by atoms with E-state index in [1.54, 1.807) is 0 Å². The number of hydrogen-bond donors (Lipinski definition) is 1. The van der Waals surface area contributed by atoms with Crippen LogP contribution in [0.4, 0.5) is 8.78 Å². The number of nitrogens with one attached hydrogen (secondary N) is 1. The molecule has 2 rings (SSSR count). The minimum atomic E-state index is -0.421. The fourth-order valence-electron chi connectivity index (χ4n) is 3.45. The quantitative estimate of drug-likeness (QED) is 0.758. The van der Waals surface area contributed by atoms with Gasteiger partial charge < -0.3 is 5.32 Å². The van der Waals surface area contributed by atoms with E-state index in [0.717, 1.165) is 18.9 Å². The number of halogens is 2. The van der Waals surface area contributed by atoms with E-state index in [1.165, 1.54) is 56.7 Å². The van der Waals surface area contributed by atoms with Crippen LogP contribution in [0.25, 0.3) is 0 Å². The van der Waals surface area contributed by atoms with Crippen LogP contribution in [0.1, 0.15) is 57.4 Å². The first-order chi connectivity index (χ1) is 10.2. The molecule has 1 aliphatic carbocycles. The highest BCUT2D eigenvalue weighted by atomic mass is 19.1.